The zero-order chi connectivity index (χ0) is 29.2. The van der Waals surface area contributed by atoms with Gasteiger partial charge in [0.15, 0.2) is 0 Å². The number of anilines is 1. The van der Waals surface area contributed by atoms with Crippen LogP contribution in [-0.4, -0.2) is 53.5 Å². The van der Waals surface area contributed by atoms with Crippen LogP contribution in [-0.2, 0) is 16.0 Å². The number of fused-ring (bicyclic) bond motifs is 4. The summed E-state index contributed by atoms with van der Waals surface area (Å²) in [5.74, 6) is -0.454. The number of para-hydroxylation sites is 1. The van der Waals surface area contributed by atoms with Crippen molar-refractivity contribution < 1.29 is 19.1 Å². The highest BCUT2D eigenvalue weighted by Gasteiger charge is 2.53. The predicted molar refractivity (Wildman–Crippen MR) is 163 cm³/mol. The SMILES string of the molecule is CCCCOCCCNC(=O)c1ccc(N2C(=O)C3Cc4c([nH]c5ccccc45)C(c4ccc(C)cc4)N3C2=O)cc1. The summed E-state index contributed by atoms with van der Waals surface area (Å²) in [5, 5.41) is 3.98. The first-order valence-corrected chi connectivity index (χ1v) is 14.8. The number of aromatic nitrogens is 1. The number of carbonyl (C=O) groups excluding carboxylic acids is 3. The van der Waals surface area contributed by atoms with Crippen LogP contribution in [0.4, 0.5) is 10.5 Å². The summed E-state index contributed by atoms with van der Waals surface area (Å²) in [7, 11) is 0. The number of amides is 4. The molecule has 3 heterocycles. The summed E-state index contributed by atoms with van der Waals surface area (Å²) in [6.07, 6.45) is 3.31. The molecular formula is C34H36N4O4. The molecular weight excluding hydrogens is 528 g/mol. The molecule has 3 aromatic carbocycles. The van der Waals surface area contributed by atoms with Gasteiger partial charge in [0.1, 0.15) is 12.1 Å². The Morgan fingerprint density at radius 1 is 0.976 bits per heavy atom. The van der Waals surface area contributed by atoms with Gasteiger partial charge in [-0.1, -0.05) is 61.4 Å². The molecule has 0 spiro atoms. The molecule has 1 aromatic heterocycles. The molecule has 1 fully saturated rings. The molecule has 6 rings (SSSR count). The summed E-state index contributed by atoms with van der Waals surface area (Å²) in [5.41, 5.74) is 6.01. The first kappa shape index (κ1) is 27.7. The lowest BCUT2D eigenvalue weighted by Crippen LogP contribution is -2.44. The Hall–Kier alpha value is -4.43. The molecule has 2 atom stereocenters. The topological polar surface area (TPSA) is 94.7 Å². The zero-order valence-corrected chi connectivity index (χ0v) is 24.1. The number of benzene rings is 3. The van der Waals surface area contributed by atoms with Crippen LogP contribution in [0.15, 0.2) is 72.8 Å². The van der Waals surface area contributed by atoms with E-state index in [0.717, 1.165) is 59.2 Å². The van der Waals surface area contributed by atoms with Gasteiger partial charge in [-0.15, -0.1) is 0 Å². The van der Waals surface area contributed by atoms with Crippen molar-refractivity contribution >= 4 is 34.4 Å². The van der Waals surface area contributed by atoms with Crippen LogP contribution in [0.1, 0.15) is 65.0 Å². The molecule has 2 unspecified atom stereocenters. The lowest BCUT2D eigenvalue weighted by Gasteiger charge is -2.36. The number of H-pyrrole nitrogens is 1. The fourth-order valence-corrected chi connectivity index (χ4v) is 6.00. The number of imide groups is 1. The van der Waals surface area contributed by atoms with Crippen molar-refractivity contribution in [3.8, 4) is 0 Å². The minimum absolute atomic E-state index is 0.198. The third-order valence-corrected chi connectivity index (χ3v) is 8.22. The number of hydrogen-bond acceptors (Lipinski definition) is 4. The van der Waals surface area contributed by atoms with E-state index in [1.807, 2.05) is 49.4 Å². The van der Waals surface area contributed by atoms with E-state index in [1.54, 1.807) is 29.2 Å². The highest BCUT2D eigenvalue weighted by Crippen LogP contribution is 2.44. The molecule has 4 amide bonds. The van der Waals surface area contributed by atoms with Gasteiger partial charge >= 0.3 is 6.03 Å². The van der Waals surface area contributed by atoms with E-state index < -0.39 is 12.1 Å². The summed E-state index contributed by atoms with van der Waals surface area (Å²) < 4.78 is 5.55. The molecule has 4 aromatic rings. The highest BCUT2D eigenvalue weighted by atomic mass is 16.5. The number of rotatable bonds is 10. The third-order valence-electron chi connectivity index (χ3n) is 8.22. The normalized spacial score (nSPS) is 18.0. The minimum atomic E-state index is -0.627. The summed E-state index contributed by atoms with van der Waals surface area (Å²) in [4.78, 5) is 47.1. The fourth-order valence-electron chi connectivity index (χ4n) is 6.00. The highest BCUT2D eigenvalue weighted by molar-refractivity contribution is 6.22. The Labute approximate surface area is 245 Å². The maximum atomic E-state index is 14.0. The van der Waals surface area contributed by atoms with Crippen molar-refractivity contribution in [1.82, 2.24) is 15.2 Å². The van der Waals surface area contributed by atoms with Crippen LogP contribution in [0.5, 0.6) is 0 Å². The first-order chi connectivity index (χ1) is 20.5. The van der Waals surface area contributed by atoms with Crippen molar-refractivity contribution in [2.75, 3.05) is 24.7 Å². The molecule has 216 valence electrons. The van der Waals surface area contributed by atoms with Gasteiger partial charge < -0.3 is 15.0 Å². The second-order valence-electron chi connectivity index (χ2n) is 11.1. The van der Waals surface area contributed by atoms with E-state index in [0.29, 0.717) is 30.8 Å². The summed E-state index contributed by atoms with van der Waals surface area (Å²) >= 11 is 0. The Balaban J connectivity index is 1.23. The Kier molecular flexibility index (Phi) is 7.80. The third kappa shape index (κ3) is 5.07. The number of unbranched alkanes of at least 4 members (excludes halogenated alkanes) is 1. The number of ether oxygens (including phenoxy) is 1. The van der Waals surface area contributed by atoms with Gasteiger partial charge in [0.25, 0.3) is 11.8 Å². The van der Waals surface area contributed by atoms with E-state index in [1.165, 1.54) is 4.90 Å². The standard InChI is InChI=1S/C34H36N4O4/c1-3-4-19-42-20-7-18-35-32(39)24-14-16-25(17-15-24)37-33(40)29-21-27-26-8-5-6-9-28(26)36-30(27)31(38(29)34(37)41)23-12-10-22(2)11-13-23/h5-6,8-17,29,31,36H,3-4,7,18-21H2,1-2H3,(H,35,39). The molecule has 0 saturated carbocycles. The quantitative estimate of drug-likeness (QED) is 0.185. The van der Waals surface area contributed by atoms with Crippen molar-refractivity contribution in [2.45, 2.75) is 51.6 Å². The first-order valence-electron chi connectivity index (χ1n) is 14.8. The Bertz CT molecular complexity index is 1610. The second kappa shape index (κ2) is 11.8. The monoisotopic (exact) mass is 564 g/mol. The van der Waals surface area contributed by atoms with Crippen LogP contribution in [0.25, 0.3) is 10.9 Å². The number of carbonyl (C=O) groups is 3. The second-order valence-corrected chi connectivity index (χ2v) is 11.1. The molecule has 2 N–H and O–H groups in total. The summed E-state index contributed by atoms with van der Waals surface area (Å²) in [6, 6.07) is 21.5. The van der Waals surface area contributed by atoms with E-state index in [-0.39, 0.29) is 17.8 Å². The lowest BCUT2D eigenvalue weighted by atomic mass is 9.88. The van der Waals surface area contributed by atoms with Crippen LogP contribution in [0.2, 0.25) is 0 Å². The number of hydrogen-bond donors (Lipinski definition) is 2. The van der Waals surface area contributed by atoms with E-state index >= 15 is 0 Å². The molecule has 2 aliphatic rings. The largest absolute Gasteiger partial charge is 0.381 e. The molecule has 0 radical (unpaired) electrons. The average Bonchev–Trinajstić information content (AvgIpc) is 3.50. The average molecular weight is 565 g/mol. The van der Waals surface area contributed by atoms with Gasteiger partial charge in [0.05, 0.1) is 5.69 Å². The van der Waals surface area contributed by atoms with Crippen LogP contribution < -0.4 is 10.2 Å². The number of aromatic amines is 1. The van der Waals surface area contributed by atoms with Crippen molar-refractivity contribution in [2.24, 2.45) is 0 Å². The van der Waals surface area contributed by atoms with Gasteiger partial charge in [-0.25, -0.2) is 9.69 Å². The van der Waals surface area contributed by atoms with Gasteiger partial charge in [-0.05, 0) is 61.2 Å². The Morgan fingerprint density at radius 2 is 1.71 bits per heavy atom. The van der Waals surface area contributed by atoms with E-state index in [4.69, 9.17) is 4.74 Å². The van der Waals surface area contributed by atoms with Crippen molar-refractivity contribution in [3.05, 3.63) is 101 Å². The molecule has 0 bridgehead atoms. The number of urea groups is 1. The molecule has 8 nitrogen and oxygen atoms in total. The van der Waals surface area contributed by atoms with Crippen molar-refractivity contribution in [1.29, 1.82) is 0 Å². The van der Waals surface area contributed by atoms with Gasteiger partial charge in [-0.3, -0.25) is 14.5 Å². The predicted octanol–water partition coefficient (Wildman–Crippen LogP) is 5.90. The fraction of sp³-hybridized carbons (Fsp3) is 0.324. The van der Waals surface area contributed by atoms with Crippen LogP contribution in [0, 0.1) is 6.92 Å². The molecule has 42 heavy (non-hydrogen) atoms. The number of nitrogens with zero attached hydrogens (tertiary/aromatic N) is 2. The lowest BCUT2D eigenvalue weighted by molar-refractivity contribution is -0.120. The number of nitrogens with one attached hydrogen (secondary N) is 2. The van der Waals surface area contributed by atoms with Crippen LogP contribution >= 0.6 is 0 Å². The van der Waals surface area contributed by atoms with E-state index in [9.17, 15) is 14.4 Å². The maximum absolute atomic E-state index is 14.0. The Morgan fingerprint density at radius 3 is 2.48 bits per heavy atom. The molecule has 2 aliphatic heterocycles. The zero-order valence-electron chi connectivity index (χ0n) is 24.1. The van der Waals surface area contributed by atoms with Gasteiger partial charge in [-0.2, -0.15) is 0 Å². The molecule has 8 heteroatoms. The van der Waals surface area contributed by atoms with Crippen LogP contribution in [0.3, 0.4) is 0 Å². The van der Waals surface area contributed by atoms with Gasteiger partial charge in [0.2, 0.25) is 0 Å². The maximum Gasteiger partial charge on any atom is 0.332 e. The number of aryl methyl sites for hydroxylation is 1. The van der Waals surface area contributed by atoms with Gasteiger partial charge in [0, 0.05) is 48.3 Å². The summed E-state index contributed by atoms with van der Waals surface area (Å²) in [6.45, 7) is 6.02. The minimum Gasteiger partial charge on any atom is -0.381 e. The molecule has 0 aliphatic carbocycles. The van der Waals surface area contributed by atoms with Crippen molar-refractivity contribution in [3.63, 3.8) is 0 Å². The smallest absolute Gasteiger partial charge is 0.332 e. The van der Waals surface area contributed by atoms with E-state index in [2.05, 4.69) is 23.3 Å². The molecule has 1 saturated heterocycles.